The molecule has 4 heteroatoms. The lowest BCUT2D eigenvalue weighted by molar-refractivity contribution is 0.378. The molecule has 0 saturated heterocycles. The summed E-state index contributed by atoms with van der Waals surface area (Å²) in [6, 6.07) is 8.74. The maximum absolute atomic E-state index is 6.45. The standard InChI is InChI=1S/C17H22ClN3/c1-2-10-21-16(19-13-20-21)11-17(12-18)9-5-7-14-6-3-4-8-15(14)17/h3-4,6,8,13H,2,5,7,9-12H2,1H3. The van der Waals surface area contributed by atoms with Gasteiger partial charge in [0.05, 0.1) is 0 Å². The highest BCUT2D eigenvalue weighted by molar-refractivity contribution is 6.18. The predicted molar refractivity (Wildman–Crippen MR) is 85.8 cm³/mol. The average molecular weight is 304 g/mol. The lowest BCUT2D eigenvalue weighted by Crippen LogP contribution is -2.36. The molecule has 1 aliphatic rings. The molecule has 0 saturated carbocycles. The minimum atomic E-state index is 0.00885. The van der Waals surface area contributed by atoms with Crippen molar-refractivity contribution in [2.45, 2.75) is 51.0 Å². The largest absolute Gasteiger partial charge is 0.250 e. The third kappa shape index (κ3) is 2.71. The van der Waals surface area contributed by atoms with E-state index in [1.165, 1.54) is 17.5 Å². The molecule has 3 rings (SSSR count). The molecule has 1 heterocycles. The van der Waals surface area contributed by atoms with Gasteiger partial charge in [0.25, 0.3) is 0 Å². The van der Waals surface area contributed by atoms with Gasteiger partial charge in [0, 0.05) is 24.3 Å². The van der Waals surface area contributed by atoms with Crippen molar-refractivity contribution in [2.75, 3.05) is 5.88 Å². The number of fused-ring (bicyclic) bond motifs is 1. The highest BCUT2D eigenvalue weighted by Gasteiger charge is 2.37. The minimum Gasteiger partial charge on any atom is -0.250 e. The number of aryl methyl sites for hydroxylation is 2. The third-order valence-electron chi connectivity index (χ3n) is 4.57. The van der Waals surface area contributed by atoms with E-state index in [4.69, 9.17) is 11.6 Å². The van der Waals surface area contributed by atoms with E-state index in [1.807, 2.05) is 4.68 Å². The molecule has 112 valence electrons. The smallest absolute Gasteiger partial charge is 0.138 e. The molecule has 1 aliphatic carbocycles. The molecule has 21 heavy (non-hydrogen) atoms. The van der Waals surface area contributed by atoms with Crippen molar-refractivity contribution in [3.8, 4) is 0 Å². The van der Waals surface area contributed by atoms with Crippen LogP contribution in [0.2, 0.25) is 0 Å². The Morgan fingerprint density at radius 3 is 3.00 bits per heavy atom. The van der Waals surface area contributed by atoms with Crippen LogP contribution in [0.25, 0.3) is 0 Å². The van der Waals surface area contributed by atoms with Crippen molar-refractivity contribution in [2.24, 2.45) is 0 Å². The zero-order valence-corrected chi connectivity index (χ0v) is 13.3. The van der Waals surface area contributed by atoms with E-state index in [0.717, 1.165) is 38.1 Å². The first-order valence-corrected chi connectivity index (χ1v) is 8.33. The summed E-state index contributed by atoms with van der Waals surface area (Å²) in [6.45, 7) is 3.09. The number of rotatable bonds is 5. The summed E-state index contributed by atoms with van der Waals surface area (Å²) in [4.78, 5) is 4.49. The highest BCUT2D eigenvalue weighted by atomic mass is 35.5. The van der Waals surface area contributed by atoms with E-state index in [1.54, 1.807) is 6.33 Å². The van der Waals surface area contributed by atoms with Gasteiger partial charge in [0.15, 0.2) is 0 Å². The van der Waals surface area contributed by atoms with Crippen LogP contribution < -0.4 is 0 Å². The van der Waals surface area contributed by atoms with Crippen LogP contribution in [0.4, 0.5) is 0 Å². The van der Waals surface area contributed by atoms with Crippen LogP contribution in [-0.4, -0.2) is 20.6 Å². The average Bonchev–Trinajstić information content (AvgIpc) is 2.95. The fourth-order valence-corrected chi connectivity index (χ4v) is 3.88. The summed E-state index contributed by atoms with van der Waals surface area (Å²) in [5, 5.41) is 4.36. The molecule has 3 nitrogen and oxygen atoms in total. The van der Waals surface area contributed by atoms with Gasteiger partial charge < -0.3 is 0 Å². The van der Waals surface area contributed by atoms with Crippen molar-refractivity contribution in [3.63, 3.8) is 0 Å². The van der Waals surface area contributed by atoms with Crippen molar-refractivity contribution < 1.29 is 0 Å². The Morgan fingerprint density at radius 2 is 2.19 bits per heavy atom. The van der Waals surface area contributed by atoms with Gasteiger partial charge in [0.2, 0.25) is 0 Å². The van der Waals surface area contributed by atoms with Crippen LogP contribution in [0.1, 0.15) is 43.1 Å². The predicted octanol–water partition coefficient (Wildman–Crippen LogP) is 3.74. The first kappa shape index (κ1) is 14.6. The van der Waals surface area contributed by atoms with E-state index in [2.05, 4.69) is 41.3 Å². The maximum Gasteiger partial charge on any atom is 0.138 e. The summed E-state index contributed by atoms with van der Waals surface area (Å²) < 4.78 is 2.03. The Labute approximate surface area is 131 Å². The lowest BCUT2D eigenvalue weighted by Gasteiger charge is -2.37. The Bertz CT molecular complexity index is 608. The highest BCUT2D eigenvalue weighted by Crippen LogP contribution is 2.40. The van der Waals surface area contributed by atoms with Gasteiger partial charge >= 0.3 is 0 Å². The Hall–Kier alpha value is -1.35. The number of hydrogen-bond donors (Lipinski definition) is 0. The maximum atomic E-state index is 6.45. The van der Waals surface area contributed by atoms with E-state index in [9.17, 15) is 0 Å². The number of benzene rings is 1. The molecule has 1 atom stereocenters. The summed E-state index contributed by atoms with van der Waals surface area (Å²) in [6.07, 6.45) is 7.12. The van der Waals surface area contributed by atoms with Gasteiger partial charge in [-0.1, -0.05) is 31.2 Å². The van der Waals surface area contributed by atoms with E-state index in [0.29, 0.717) is 5.88 Å². The molecule has 0 N–H and O–H groups in total. The second kappa shape index (κ2) is 6.18. The number of hydrogen-bond acceptors (Lipinski definition) is 2. The Kier molecular flexibility index (Phi) is 4.29. The normalized spacial score (nSPS) is 21.2. The summed E-state index contributed by atoms with van der Waals surface area (Å²) in [5.41, 5.74) is 2.87. The minimum absolute atomic E-state index is 0.00885. The lowest BCUT2D eigenvalue weighted by atomic mass is 9.69. The molecular weight excluding hydrogens is 282 g/mol. The number of alkyl halides is 1. The van der Waals surface area contributed by atoms with E-state index < -0.39 is 0 Å². The van der Waals surface area contributed by atoms with Crippen molar-refractivity contribution in [1.29, 1.82) is 0 Å². The monoisotopic (exact) mass is 303 g/mol. The molecular formula is C17H22ClN3. The first-order chi connectivity index (χ1) is 10.3. The van der Waals surface area contributed by atoms with Gasteiger partial charge in [-0.2, -0.15) is 5.10 Å². The zero-order valence-electron chi connectivity index (χ0n) is 12.6. The molecule has 0 fully saturated rings. The van der Waals surface area contributed by atoms with Crippen LogP contribution in [0.15, 0.2) is 30.6 Å². The summed E-state index contributed by atoms with van der Waals surface area (Å²) in [7, 11) is 0. The second-order valence-corrected chi connectivity index (χ2v) is 6.27. The van der Waals surface area contributed by atoms with Gasteiger partial charge in [-0.15, -0.1) is 11.6 Å². The summed E-state index contributed by atoms with van der Waals surface area (Å²) >= 11 is 6.45. The SMILES string of the molecule is CCCn1ncnc1CC1(CCl)CCCc2ccccc21. The van der Waals surface area contributed by atoms with Crippen LogP contribution in [0.3, 0.4) is 0 Å². The molecule has 1 aromatic carbocycles. The van der Waals surface area contributed by atoms with Gasteiger partial charge in [-0.3, -0.25) is 4.68 Å². The molecule has 0 amide bonds. The Morgan fingerprint density at radius 1 is 1.33 bits per heavy atom. The van der Waals surface area contributed by atoms with Gasteiger partial charge in [-0.25, -0.2) is 4.98 Å². The van der Waals surface area contributed by atoms with Gasteiger partial charge in [0.1, 0.15) is 12.2 Å². The van der Waals surface area contributed by atoms with Crippen LogP contribution >= 0.6 is 11.6 Å². The van der Waals surface area contributed by atoms with Crippen molar-refractivity contribution in [1.82, 2.24) is 14.8 Å². The fraction of sp³-hybridized carbons (Fsp3) is 0.529. The number of halogens is 1. The second-order valence-electron chi connectivity index (χ2n) is 6.00. The van der Waals surface area contributed by atoms with Crippen LogP contribution in [0.5, 0.6) is 0 Å². The number of nitrogens with zero attached hydrogens (tertiary/aromatic N) is 3. The molecule has 0 bridgehead atoms. The molecule has 0 radical (unpaired) electrons. The van der Waals surface area contributed by atoms with Crippen molar-refractivity contribution >= 4 is 11.6 Å². The topological polar surface area (TPSA) is 30.7 Å². The van der Waals surface area contributed by atoms with Gasteiger partial charge in [-0.05, 0) is 36.8 Å². The third-order valence-corrected chi connectivity index (χ3v) is 5.09. The zero-order chi connectivity index (χ0) is 14.7. The van der Waals surface area contributed by atoms with Crippen LogP contribution in [0, 0.1) is 0 Å². The van der Waals surface area contributed by atoms with Crippen LogP contribution in [-0.2, 0) is 24.8 Å². The molecule has 0 spiro atoms. The van der Waals surface area contributed by atoms with Crippen molar-refractivity contribution in [3.05, 3.63) is 47.5 Å². The first-order valence-electron chi connectivity index (χ1n) is 7.80. The van der Waals surface area contributed by atoms with E-state index >= 15 is 0 Å². The fourth-order valence-electron chi connectivity index (χ4n) is 3.50. The number of aromatic nitrogens is 3. The molecule has 0 aliphatic heterocycles. The Balaban J connectivity index is 1.96. The molecule has 1 aromatic heterocycles. The molecule has 2 aromatic rings. The quantitative estimate of drug-likeness (QED) is 0.788. The summed E-state index contributed by atoms with van der Waals surface area (Å²) in [5.74, 6) is 1.71. The molecule has 1 unspecified atom stereocenters. The van der Waals surface area contributed by atoms with E-state index in [-0.39, 0.29) is 5.41 Å².